The SMILES string of the molecule is Nc1cccc2oc(-c3cccc4c3OCCO4)nc12. The van der Waals surface area contributed by atoms with Gasteiger partial charge in [0.1, 0.15) is 18.7 Å². The molecule has 0 saturated heterocycles. The molecular formula is C15H12N2O3. The average Bonchev–Trinajstić information content (AvgIpc) is 2.92. The summed E-state index contributed by atoms with van der Waals surface area (Å²) in [6.07, 6.45) is 0. The van der Waals surface area contributed by atoms with Gasteiger partial charge in [-0.15, -0.1) is 0 Å². The quantitative estimate of drug-likeness (QED) is 0.687. The Balaban J connectivity index is 1.93. The lowest BCUT2D eigenvalue weighted by Gasteiger charge is -2.19. The first-order valence-electron chi connectivity index (χ1n) is 6.37. The van der Waals surface area contributed by atoms with E-state index in [1.165, 1.54) is 0 Å². The van der Waals surface area contributed by atoms with Gasteiger partial charge < -0.3 is 19.6 Å². The molecule has 0 unspecified atom stereocenters. The molecule has 1 aromatic heterocycles. The summed E-state index contributed by atoms with van der Waals surface area (Å²) in [5.74, 6) is 1.87. The fraction of sp³-hybridized carbons (Fsp3) is 0.133. The van der Waals surface area contributed by atoms with Crippen molar-refractivity contribution in [3.8, 4) is 23.0 Å². The number of hydrogen-bond acceptors (Lipinski definition) is 5. The van der Waals surface area contributed by atoms with Crippen LogP contribution in [0.5, 0.6) is 11.5 Å². The fourth-order valence-electron chi connectivity index (χ4n) is 2.33. The zero-order chi connectivity index (χ0) is 13.5. The number of anilines is 1. The molecule has 0 bridgehead atoms. The summed E-state index contributed by atoms with van der Waals surface area (Å²) in [5.41, 5.74) is 8.60. The molecule has 5 heteroatoms. The van der Waals surface area contributed by atoms with Crippen LogP contribution in [-0.2, 0) is 0 Å². The minimum absolute atomic E-state index is 0.486. The van der Waals surface area contributed by atoms with Gasteiger partial charge in [-0.3, -0.25) is 0 Å². The maximum Gasteiger partial charge on any atom is 0.231 e. The van der Waals surface area contributed by atoms with Crippen LogP contribution in [0, 0.1) is 0 Å². The number of nitrogens with zero attached hydrogens (tertiary/aromatic N) is 1. The largest absolute Gasteiger partial charge is 0.486 e. The van der Waals surface area contributed by atoms with E-state index in [4.69, 9.17) is 19.6 Å². The van der Waals surface area contributed by atoms with Gasteiger partial charge in [-0.2, -0.15) is 0 Å². The van der Waals surface area contributed by atoms with Crippen molar-refractivity contribution in [3.05, 3.63) is 36.4 Å². The monoisotopic (exact) mass is 268 g/mol. The molecule has 0 radical (unpaired) electrons. The molecule has 1 aliphatic heterocycles. The highest BCUT2D eigenvalue weighted by molar-refractivity contribution is 5.87. The summed E-state index contributed by atoms with van der Waals surface area (Å²) in [5, 5.41) is 0. The molecule has 0 saturated carbocycles. The Morgan fingerprint density at radius 1 is 1.00 bits per heavy atom. The van der Waals surface area contributed by atoms with Crippen molar-refractivity contribution >= 4 is 16.8 Å². The first-order valence-corrected chi connectivity index (χ1v) is 6.37. The molecule has 20 heavy (non-hydrogen) atoms. The second kappa shape index (κ2) is 4.16. The van der Waals surface area contributed by atoms with Crippen LogP contribution in [0.3, 0.4) is 0 Å². The topological polar surface area (TPSA) is 70.5 Å². The van der Waals surface area contributed by atoms with Crippen LogP contribution in [0.15, 0.2) is 40.8 Å². The molecule has 0 aliphatic carbocycles. The average molecular weight is 268 g/mol. The minimum atomic E-state index is 0.486. The van der Waals surface area contributed by atoms with Gasteiger partial charge >= 0.3 is 0 Å². The van der Waals surface area contributed by atoms with Gasteiger partial charge in [-0.1, -0.05) is 12.1 Å². The smallest absolute Gasteiger partial charge is 0.231 e. The van der Waals surface area contributed by atoms with Crippen LogP contribution in [0.2, 0.25) is 0 Å². The molecule has 0 atom stereocenters. The fourth-order valence-corrected chi connectivity index (χ4v) is 2.33. The maximum atomic E-state index is 5.91. The van der Waals surface area contributed by atoms with Crippen LogP contribution in [0.1, 0.15) is 0 Å². The summed E-state index contributed by atoms with van der Waals surface area (Å²) in [4.78, 5) is 4.46. The zero-order valence-corrected chi connectivity index (χ0v) is 10.6. The van der Waals surface area contributed by atoms with E-state index < -0.39 is 0 Å². The van der Waals surface area contributed by atoms with Crippen LogP contribution >= 0.6 is 0 Å². The van der Waals surface area contributed by atoms with Gasteiger partial charge in [0.05, 0.1) is 11.3 Å². The van der Waals surface area contributed by atoms with Crippen molar-refractivity contribution in [3.63, 3.8) is 0 Å². The van der Waals surface area contributed by atoms with Gasteiger partial charge in [0.15, 0.2) is 17.1 Å². The van der Waals surface area contributed by atoms with E-state index in [9.17, 15) is 0 Å². The number of nitrogens with two attached hydrogens (primary N) is 1. The molecule has 2 N–H and O–H groups in total. The molecule has 2 aromatic carbocycles. The van der Waals surface area contributed by atoms with Gasteiger partial charge in [-0.25, -0.2) is 4.98 Å². The summed E-state index contributed by atoms with van der Waals surface area (Å²) < 4.78 is 17.0. The van der Waals surface area contributed by atoms with Crippen molar-refractivity contribution in [2.24, 2.45) is 0 Å². The van der Waals surface area contributed by atoms with Crippen LogP contribution in [0.25, 0.3) is 22.6 Å². The van der Waals surface area contributed by atoms with E-state index in [0.29, 0.717) is 47.4 Å². The molecule has 5 nitrogen and oxygen atoms in total. The van der Waals surface area contributed by atoms with E-state index in [0.717, 1.165) is 5.56 Å². The number of benzene rings is 2. The van der Waals surface area contributed by atoms with E-state index in [2.05, 4.69) is 4.98 Å². The van der Waals surface area contributed by atoms with E-state index >= 15 is 0 Å². The molecule has 0 amide bonds. The lowest BCUT2D eigenvalue weighted by atomic mass is 10.1. The highest BCUT2D eigenvalue weighted by Gasteiger charge is 2.20. The van der Waals surface area contributed by atoms with Gasteiger partial charge in [0.2, 0.25) is 5.89 Å². The number of ether oxygens (including phenoxy) is 2. The van der Waals surface area contributed by atoms with Crippen molar-refractivity contribution < 1.29 is 13.9 Å². The number of fused-ring (bicyclic) bond motifs is 2. The number of oxazole rings is 1. The van der Waals surface area contributed by atoms with Crippen LogP contribution < -0.4 is 15.2 Å². The third-order valence-electron chi connectivity index (χ3n) is 3.25. The predicted molar refractivity (Wildman–Crippen MR) is 74.8 cm³/mol. The van der Waals surface area contributed by atoms with Crippen molar-refractivity contribution in [2.45, 2.75) is 0 Å². The first-order chi connectivity index (χ1) is 9.83. The zero-order valence-electron chi connectivity index (χ0n) is 10.6. The molecular weight excluding hydrogens is 256 g/mol. The number of rotatable bonds is 1. The third-order valence-corrected chi connectivity index (χ3v) is 3.25. The first kappa shape index (κ1) is 11.2. The van der Waals surface area contributed by atoms with E-state index in [1.807, 2.05) is 30.3 Å². The third kappa shape index (κ3) is 1.60. The number of nitrogen functional groups attached to an aromatic ring is 1. The van der Waals surface area contributed by atoms with Gasteiger partial charge in [0.25, 0.3) is 0 Å². The summed E-state index contributed by atoms with van der Waals surface area (Å²) in [7, 11) is 0. The minimum Gasteiger partial charge on any atom is -0.486 e. The molecule has 3 aromatic rings. The maximum absolute atomic E-state index is 5.91. The normalized spacial score (nSPS) is 13.6. The Morgan fingerprint density at radius 2 is 1.85 bits per heavy atom. The second-order valence-corrected chi connectivity index (χ2v) is 4.54. The number of aromatic nitrogens is 1. The van der Waals surface area contributed by atoms with Crippen LogP contribution in [0.4, 0.5) is 5.69 Å². The van der Waals surface area contributed by atoms with Gasteiger partial charge in [-0.05, 0) is 24.3 Å². The lowest BCUT2D eigenvalue weighted by Crippen LogP contribution is -2.15. The molecule has 2 heterocycles. The predicted octanol–water partition coefficient (Wildman–Crippen LogP) is 2.85. The number of hydrogen-bond donors (Lipinski definition) is 1. The molecule has 0 spiro atoms. The van der Waals surface area contributed by atoms with E-state index in [1.54, 1.807) is 6.07 Å². The summed E-state index contributed by atoms with van der Waals surface area (Å²) in [6, 6.07) is 11.1. The highest BCUT2D eigenvalue weighted by atomic mass is 16.6. The molecule has 0 fully saturated rings. The van der Waals surface area contributed by atoms with Gasteiger partial charge in [0, 0.05) is 0 Å². The van der Waals surface area contributed by atoms with Crippen LogP contribution in [-0.4, -0.2) is 18.2 Å². The highest BCUT2D eigenvalue weighted by Crippen LogP contribution is 2.40. The Labute approximate surface area is 114 Å². The van der Waals surface area contributed by atoms with E-state index in [-0.39, 0.29) is 0 Å². The lowest BCUT2D eigenvalue weighted by molar-refractivity contribution is 0.172. The Bertz CT molecular complexity index is 795. The Hall–Kier alpha value is -2.69. The summed E-state index contributed by atoms with van der Waals surface area (Å²) >= 11 is 0. The standard InChI is InChI=1S/C15H12N2O3/c16-10-4-2-5-11-13(10)17-15(20-11)9-3-1-6-12-14(9)19-8-7-18-12/h1-6H,7-8,16H2. The number of para-hydroxylation sites is 2. The molecule has 1 aliphatic rings. The summed E-state index contributed by atoms with van der Waals surface area (Å²) in [6.45, 7) is 1.07. The van der Waals surface area contributed by atoms with Crippen molar-refractivity contribution in [1.82, 2.24) is 4.98 Å². The second-order valence-electron chi connectivity index (χ2n) is 4.54. The van der Waals surface area contributed by atoms with Crippen molar-refractivity contribution in [2.75, 3.05) is 18.9 Å². The molecule has 4 rings (SSSR count). The Kier molecular flexibility index (Phi) is 2.32. The van der Waals surface area contributed by atoms with Crippen molar-refractivity contribution in [1.29, 1.82) is 0 Å². The Morgan fingerprint density at radius 3 is 2.75 bits per heavy atom. The molecule has 100 valence electrons.